The molecule has 3 heterocycles. The molecule has 2 N–H and O–H groups in total. The van der Waals surface area contributed by atoms with Gasteiger partial charge in [0.25, 0.3) is 0 Å². The number of aromatic amines is 1. The van der Waals surface area contributed by atoms with Crippen LogP contribution in [-0.2, 0) is 6.18 Å². The minimum absolute atomic E-state index is 0.133. The zero-order valence-corrected chi connectivity index (χ0v) is 12.1. The first kappa shape index (κ1) is 15.2. The lowest BCUT2D eigenvalue weighted by Crippen LogP contribution is -2.11. The number of H-pyrrole nitrogens is 1. The minimum atomic E-state index is -4.46. The largest absolute Gasteiger partial charge is 0.431 e. The normalized spacial score (nSPS) is 13.2. The van der Waals surface area contributed by atoms with Crippen LogP contribution in [0.1, 0.15) is 30.6 Å². The topological polar surface area (TPSA) is 79.4 Å². The van der Waals surface area contributed by atoms with Gasteiger partial charge in [-0.15, -0.1) is 0 Å². The molecule has 0 fully saturated rings. The van der Waals surface area contributed by atoms with E-state index in [2.05, 4.69) is 30.2 Å². The summed E-state index contributed by atoms with van der Waals surface area (Å²) in [6.07, 6.45) is 2.18. The van der Waals surface area contributed by atoms with Crippen molar-refractivity contribution in [1.29, 1.82) is 0 Å². The third kappa shape index (κ3) is 3.08. The highest BCUT2D eigenvalue weighted by molar-refractivity contribution is 5.87. The van der Waals surface area contributed by atoms with Gasteiger partial charge in [0.1, 0.15) is 29.8 Å². The van der Waals surface area contributed by atoms with Crippen LogP contribution >= 0.6 is 0 Å². The lowest BCUT2D eigenvalue weighted by molar-refractivity contribution is -0.140. The van der Waals surface area contributed by atoms with E-state index in [1.807, 2.05) is 6.92 Å². The molecule has 3 aromatic heterocycles. The first-order valence-electron chi connectivity index (χ1n) is 6.91. The van der Waals surface area contributed by atoms with Gasteiger partial charge in [0.15, 0.2) is 0 Å². The molecule has 120 valence electrons. The molecule has 6 nitrogen and oxygen atoms in total. The van der Waals surface area contributed by atoms with Gasteiger partial charge in [-0.1, -0.05) is 6.92 Å². The fourth-order valence-electron chi connectivity index (χ4n) is 2.28. The Kier molecular flexibility index (Phi) is 3.85. The third-order valence-corrected chi connectivity index (χ3v) is 3.43. The van der Waals surface area contributed by atoms with Crippen molar-refractivity contribution in [3.63, 3.8) is 0 Å². The maximum absolute atomic E-state index is 12.8. The Morgan fingerprint density at radius 2 is 1.91 bits per heavy atom. The number of anilines is 1. The number of hydrogen-bond donors (Lipinski definition) is 2. The zero-order chi connectivity index (χ0) is 16.4. The summed E-state index contributed by atoms with van der Waals surface area (Å²) in [4.78, 5) is 18.1. The van der Waals surface area contributed by atoms with Crippen molar-refractivity contribution in [2.45, 2.75) is 25.6 Å². The predicted molar refractivity (Wildman–Crippen MR) is 77.6 cm³/mol. The molecule has 0 aliphatic rings. The second-order valence-electron chi connectivity index (χ2n) is 4.94. The fraction of sp³-hybridized carbons (Fsp3) is 0.286. The van der Waals surface area contributed by atoms with Crippen LogP contribution in [0.2, 0.25) is 0 Å². The van der Waals surface area contributed by atoms with Crippen molar-refractivity contribution >= 4 is 16.9 Å². The maximum Gasteiger partial charge on any atom is 0.431 e. The molecule has 0 spiro atoms. The third-order valence-electron chi connectivity index (χ3n) is 3.43. The molecular weight excluding hydrogens is 309 g/mol. The molecule has 0 aliphatic carbocycles. The smallest absolute Gasteiger partial charge is 0.362 e. The molecule has 0 saturated carbocycles. The van der Waals surface area contributed by atoms with Gasteiger partial charge in [-0.05, 0) is 12.5 Å². The average molecular weight is 322 g/mol. The summed E-state index contributed by atoms with van der Waals surface area (Å²) in [6, 6.07) is 0.838. The molecule has 9 heteroatoms. The van der Waals surface area contributed by atoms with Crippen molar-refractivity contribution in [3.8, 4) is 0 Å². The monoisotopic (exact) mass is 322 g/mol. The van der Waals surface area contributed by atoms with Crippen molar-refractivity contribution in [2.24, 2.45) is 0 Å². The summed E-state index contributed by atoms with van der Waals surface area (Å²) in [5, 5.41) is 3.42. The van der Waals surface area contributed by atoms with E-state index in [4.69, 9.17) is 0 Å². The van der Waals surface area contributed by atoms with Crippen molar-refractivity contribution in [2.75, 3.05) is 5.32 Å². The fourth-order valence-corrected chi connectivity index (χ4v) is 2.28. The molecule has 0 aliphatic heterocycles. The number of fused-ring (bicyclic) bond motifs is 1. The van der Waals surface area contributed by atoms with E-state index in [0.717, 1.165) is 11.6 Å². The first-order chi connectivity index (χ1) is 11.0. The number of halogens is 3. The molecule has 0 bridgehead atoms. The number of alkyl halides is 3. The van der Waals surface area contributed by atoms with Crippen LogP contribution in [0.15, 0.2) is 31.1 Å². The Morgan fingerprint density at radius 1 is 1.17 bits per heavy atom. The summed E-state index contributed by atoms with van der Waals surface area (Å²) >= 11 is 0. The first-order valence-corrected chi connectivity index (χ1v) is 6.91. The highest BCUT2D eigenvalue weighted by atomic mass is 19.4. The lowest BCUT2D eigenvalue weighted by atomic mass is 10.1. The second kappa shape index (κ2) is 5.82. The van der Waals surface area contributed by atoms with E-state index in [-0.39, 0.29) is 17.1 Å². The SMILES string of the molecule is CCC(Nc1ncnc2[nH]c(C(F)(F)F)cc12)c1cncnc1. The summed E-state index contributed by atoms with van der Waals surface area (Å²) < 4.78 is 38.5. The average Bonchev–Trinajstić information content (AvgIpc) is 2.98. The summed E-state index contributed by atoms with van der Waals surface area (Å²) in [6.45, 7) is 1.95. The summed E-state index contributed by atoms with van der Waals surface area (Å²) in [5.74, 6) is 0.331. The molecular formula is C14H13F3N6. The maximum atomic E-state index is 12.8. The summed E-state index contributed by atoms with van der Waals surface area (Å²) in [5.41, 5.74) is 0.106. The van der Waals surface area contributed by atoms with Crippen LogP contribution in [0, 0.1) is 0 Å². The Hall–Kier alpha value is -2.71. The van der Waals surface area contributed by atoms with E-state index in [9.17, 15) is 13.2 Å². The predicted octanol–water partition coefficient (Wildman–Crippen LogP) is 3.33. The standard InChI is InChI=1S/C14H13F3N6/c1-2-10(8-4-18-6-19-5-8)22-12-9-3-11(14(15,16)17)23-13(9)21-7-20-12/h3-7,10H,2H2,1H3,(H2,20,21,22,23). The Labute approximate surface area is 129 Å². The molecule has 0 amide bonds. The molecule has 1 atom stereocenters. The van der Waals surface area contributed by atoms with Crippen LogP contribution < -0.4 is 5.32 Å². The second-order valence-corrected chi connectivity index (χ2v) is 4.94. The molecule has 1 unspecified atom stereocenters. The van der Waals surface area contributed by atoms with Crippen molar-refractivity contribution in [3.05, 3.63) is 42.4 Å². The quantitative estimate of drug-likeness (QED) is 0.770. The van der Waals surface area contributed by atoms with Crippen LogP contribution in [0.5, 0.6) is 0 Å². The van der Waals surface area contributed by atoms with E-state index < -0.39 is 11.9 Å². The highest BCUT2D eigenvalue weighted by Crippen LogP contribution is 2.33. The molecule has 0 aromatic carbocycles. The summed E-state index contributed by atoms with van der Waals surface area (Å²) in [7, 11) is 0. The number of rotatable bonds is 4. The van der Waals surface area contributed by atoms with Gasteiger partial charge in [0.2, 0.25) is 0 Å². The lowest BCUT2D eigenvalue weighted by Gasteiger charge is -2.17. The molecule has 3 aromatic rings. The van der Waals surface area contributed by atoms with Crippen LogP contribution in [0.3, 0.4) is 0 Å². The number of nitrogens with one attached hydrogen (secondary N) is 2. The Balaban J connectivity index is 1.98. The number of nitrogens with zero attached hydrogens (tertiary/aromatic N) is 4. The van der Waals surface area contributed by atoms with E-state index in [0.29, 0.717) is 12.2 Å². The van der Waals surface area contributed by atoms with Crippen LogP contribution in [0.4, 0.5) is 19.0 Å². The highest BCUT2D eigenvalue weighted by Gasteiger charge is 2.33. The molecule has 0 radical (unpaired) electrons. The number of hydrogen-bond acceptors (Lipinski definition) is 5. The van der Waals surface area contributed by atoms with E-state index in [1.54, 1.807) is 12.4 Å². The van der Waals surface area contributed by atoms with Crippen LogP contribution in [-0.4, -0.2) is 24.9 Å². The molecule has 0 saturated heterocycles. The van der Waals surface area contributed by atoms with E-state index in [1.165, 1.54) is 12.7 Å². The zero-order valence-electron chi connectivity index (χ0n) is 12.1. The molecule has 23 heavy (non-hydrogen) atoms. The molecule has 3 rings (SSSR count). The van der Waals surface area contributed by atoms with Gasteiger partial charge in [-0.25, -0.2) is 19.9 Å². The van der Waals surface area contributed by atoms with Gasteiger partial charge in [-0.3, -0.25) is 0 Å². The van der Waals surface area contributed by atoms with Crippen molar-refractivity contribution < 1.29 is 13.2 Å². The van der Waals surface area contributed by atoms with Crippen LogP contribution in [0.25, 0.3) is 11.0 Å². The van der Waals surface area contributed by atoms with Gasteiger partial charge in [0.05, 0.1) is 11.4 Å². The Bertz CT molecular complexity index is 799. The van der Waals surface area contributed by atoms with Crippen molar-refractivity contribution in [1.82, 2.24) is 24.9 Å². The van der Waals surface area contributed by atoms with Gasteiger partial charge < -0.3 is 10.3 Å². The minimum Gasteiger partial charge on any atom is -0.362 e. The van der Waals surface area contributed by atoms with Gasteiger partial charge in [0, 0.05) is 18.0 Å². The van der Waals surface area contributed by atoms with E-state index >= 15 is 0 Å². The Morgan fingerprint density at radius 3 is 2.57 bits per heavy atom. The van der Waals surface area contributed by atoms with Gasteiger partial charge in [-0.2, -0.15) is 13.2 Å². The number of aromatic nitrogens is 5. The van der Waals surface area contributed by atoms with Gasteiger partial charge >= 0.3 is 6.18 Å².